The summed E-state index contributed by atoms with van der Waals surface area (Å²) >= 11 is 0. The Kier molecular flexibility index (Phi) is 4.06. The number of para-hydroxylation sites is 1. The zero-order chi connectivity index (χ0) is 12.3. The fourth-order valence-electron chi connectivity index (χ4n) is 3.01. The number of nitrogens with zero attached hydrogens (tertiary/aromatic N) is 1. The van der Waals surface area contributed by atoms with Gasteiger partial charge in [0.05, 0.1) is 0 Å². The van der Waals surface area contributed by atoms with Crippen LogP contribution in [0.4, 0.5) is 5.69 Å². The molecule has 0 spiro atoms. The normalized spacial score (nSPS) is 20.6. The highest BCUT2D eigenvalue weighted by Gasteiger charge is 2.23. The van der Waals surface area contributed by atoms with Gasteiger partial charge in [0.1, 0.15) is 0 Å². The second kappa shape index (κ2) is 5.54. The summed E-state index contributed by atoms with van der Waals surface area (Å²) in [7, 11) is 0. The second-order valence-electron chi connectivity index (χ2n) is 5.04. The smallest absolute Gasteiger partial charge is 0.0443 e. The molecule has 1 aromatic carbocycles. The lowest BCUT2D eigenvalue weighted by Crippen LogP contribution is -2.40. The first-order valence-corrected chi connectivity index (χ1v) is 6.83. The molecule has 1 aliphatic rings. The van der Waals surface area contributed by atoms with Crippen LogP contribution < -0.4 is 10.6 Å². The van der Waals surface area contributed by atoms with Crippen molar-refractivity contribution >= 4 is 5.69 Å². The molecule has 17 heavy (non-hydrogen) atoms. The van der Waals surface area contributed by atoms with Crippen molar-refractivity contribution < 1.29 is 0 Å². The van der Waals surface area contributed by atoms with E-state index in [1.165, 1.54) is 49.0 Å². The number of hydrogen-bond acceptors (Lipinski definition) is 2. The van der Waals surface area contributed by atoms with Crippen LogP contribution >= 0.6 is 0 Å². The third-order valence-electron chi connectivity index (χ3n) is 3.93. The second-order valence-corrected chi connectivity index (χ2v) is 5.04. The van der Waals surface area contributed by atoms with E-state index < -0.39 is 0 Å². The quantitative estimate of drug-likeness (QED) is 0.867. The van der Waals surface area contributed by atoms with E-state index in [0.717, 1.165) is 0 Å². The summed E-state index contributed by atoms with van der Waals surface area (Å²) in [5, 5.41) is 0. The number of benzene rings is 1. The number of aryl methyl sites for hydroxylation is 1. The molecule has 1 aromatic rings. The van der Waals surface area contributed by atoms with Crippen LogP contribution in [0, 0.1) is 6.92 Å². The summed E-state index contributed by atoms with van der Waals surface area (Å²) in [5.74, 6) is 0. The molecule has 1 fully saturated rings. The maximum atomic E-state index is 5.89. The molecule has 0 aliphatic carbocycles. The number of piperidine rings is 1. The standard InChI is InChI=1S/C15H24N2/c1-3-14-9-4-5-10-17(14)15-12(2)7-6-8-13(15)11-16/h6-8,14H,3-5,9-11,16H2,1-2H3. The summed E-state index contributed by atoms with van der Waals surface area (Å²) in [6.07, 6.45) is 5.25. The van der Waals surface area contributed by atoms with Crippen LogP contribution in [0.5, 0.6) is 0 Å². The molecular weight excluding hydrogens is 208 g/mol. The molecule has 0 saturated carbocycles. The summed E-state index contributed by atoms with van der Waals surface area (Å²) in [6.45, 7) is 6.33. The molecule has 1 unspecified atom stereocenters. The maximum Gasteiger partial charge on any atom is 0.0443 e. The number of nitrogens with two attached hydrogens (primary N) is 1. The van der Waals surface area contributed by atoms with Crippen molar-refractivity contribution in [1.82, 2.24) is 0 Å². The third kappa shape index (κ3) is 2.47. The van der Waals surface area contributed by atoms with Gasteiger partial charge in [0, 0.05) is 24.8 Å². The van der Waals surface area contributed by atoms with E-state index >= 15 is 0 Å². The van der Waals surface area contributed by atoms with Crippen molar-refractivity contribution in [3.05, 3.63) is 29.3 Å². The molecule has 2 rings (SSSR count). The minimum absolute atomic E-state index is 0.643. The first-order chi connectivity index (χ1) is 8.27. The topological polar surface area (TPSA) is 29.3 Å². The molecule has 0 aromatic heterocycles. The largest absolute Gasteiger partial charge is 0.368 e. The summed E-state index contributed by atoms with van der Waals surface area (Å²) < 4.78 is 0. The van der Waals surface area contributed by atoms with Crippen LogP contribution in [-0.2, 0) is 6.54 Å². The van der Waals surface area contributed by atoms with Crippen LogP contribution in [-0.4, -0.2) is 12.6 Å². The number of hydrogen-bond donors (Lipinski definition) is 1. The first-order valence-electron chi connectivity index (χ1n) is 6.83. The minimum atomic E-state index is 0.643. The van der Waals surface area contributed by atoms with Gasteiger partial charge in [-0.05, 0) is 43.7 Å². The Labute approximate surface area is 105 Å². The highest BCUT2D eigenvalue weighted by molar-refractivity contribution is 5.60. The third-order valence-corrected chi connectivity index (χ3v) is 3.93. The molecule has 1 heterocycles. The lowest BCUT2D eigenvalue weighted by Gasteiger charge is -2.39. The van der Waals surface area contributed by atoms with Gasteiger partial charge in [-0.3, -0.25) is 0 Å². The highest BCUT2D eigenvalue weighted by atomic mass is 15.2. The Balaban J connectivity index is 2.36. The fraction of sp³-hybridized carbons (Fsp3) is 0.600. The summed E-state index contributed by atoms with van der Waals surface area (Å²) in [4.78, 5) is 2.60. The molecule has 2 heteroatoms. The zero-order valence-electron chi connectivity index (χ0n) is 11.1. The molecule has 2 nitrogen and oxygen atoms in total. The Morgan fingerprint density at radius 1 is 1.35 bits per heavy atom. The van der Waals surface area contributed by atoms with E-state index in [2.05, 4.69) is 36.9 Å². The molecule has 0 radical (unpaired) electrons. The van der Waals surface area contributed by atoms with Crippen LogP contribution in [0.25, 0.3) is 0 Å². The van der Waals surface area contributed by atoms with Gasteiger partial charge in [0.25, 0.3) is 0 Å². The van der Waals surface area contributed by atoms with Gasteiger partial charge >= 0.3 is 0 Å². The van der Waals surface area contributed by atoms with Gasteiger partial charge in [-0.15, -0.1) is 0 Å². The van der Waals surface area contributed by atoms with Crippen LogP contribution in [0.1, 0.15) is 43.7 Å². The van der Waals surface area contributed by atoms with Gasteiger partial charge in [-0.25, -0.2) is 0 Å². The van der Waals surface area contributed by atoms with E-state index in [1.54, 1.807) is 0 Å². The highest BCUT2D eigenvalue weighted by Crippen LogP contribution is 2.31. The molecule has 0 amide bonds. The zero-order valence-corrected chi connectivity index (χ0v) is 11.1. The van der Waals surface area contributed by atoms with Gasteiger partial charge in [0.15, 0.2) is 0 Å². The first kappa shape index (κ1) is 12.4. The number of rotatable bonds is 3. The molecule has 2 N–H and O–H groups in total. The SMILES string of the molecule is CCC1CCCCN1c1c(C)cccc1CN. The van der Waals surface area contributed by atoms with Crippen molar-refractivity contribution in [2.75, 3.05) is 11.4 Å². The summed E-state index contributed by atoms with van der Waals surface area (Å²) in [6, 6.07) is 7.20. The Morgan fingerprint density at radius 2 is 2.18 bits per heavy atom. The molecule has 1 atom stereocenters. The van der Waals surface area contributed by atoms with Crippen molar-refractivity contribution in [3.63, 3.8) is 0 Å². The maximum absolute atomic E-state index is 5.89. The monoisotopic (exact) mass is 232 g/mol. The predicted molar refractivity (Wildman–Crippen MR) is 74.3 cm³/mol. The Hall–Kier alpha value is -1.02. The van der Waals surface area contributed by atoms with Crippen LogP contribution in [0.15, 0.2) is 18.2 Å². The van der Waals surface area contributed by atoms with E-state index in [4.69, 9.17) is 5.73 Å². The van der Waals surface area contributed by atoms with Crippen LogP contribution in [0.3, 0.4) is 0 Å². The minimum Gasteiger partial charge on any atom is -0.368 e. The van der Waals surface area contributed by atoms with Crippen molar-refractivity contribution in [3.8, 4) is 0 Å². The van der Waals surface area contributed by atoms with E-state index in [1.807, 2.05) is 0 Å². The summed E-state index contributed by atoms with van der Waals surface area (Å²) in [5.41, 5.74) is 9.96. The van der Waals surface area contributed by atoms with E-state index in [9.17, 15) is 0 Å². The lowest BCUT2D eigenvalue weighted by molar-refractivity contribution is 0.448. The Bertz CT molecular complexity index is 373. The molecular formula is C15H24N2. The lowest BCUT2D eigenvalue weighted by atomic mass is 9.96. The van der Waals surface area contributed by atoms with E-state index in [-0.39, 0.29) is 0 Å². The number of anilines is 1. The molecule has 94 valence electrons. The van der Waals surface area contributed by atoms with Crippen molar-refractivity contribution in [2.45, 2.75) is 52.1 Å². The molecule has 0 bridgehead atoms. The van der Waals surface area contributed by atoms with E-state index in [0.29, 0.717) is 12.6 Å². The van der Waals surface area contributed by atoms with Crippen molar-refractivity contribution in [1.29, 1.82) is 0 Å². The van der Waals surface area contributed by atoms with Gasteiger partial charge in [-0.1, -0.05) is 25.1 Å². The van der Waals surface area contributed by atoms with Gasteiger partial charge in [0.2, 0.25) is 0 Å². The fourth-order valence-corrected chi connectivity index (χ4v) is 3.01. The average molecular weight is 232 g/mol. The predicted octanol–water partition coefficient (Wildman–Crippen LogP) is 3.22. The van der Waals surface area contributed by atoms with Gasteiger partial charge in [-0.2, -0.15) is 0 Å². The average Bonchev–Trinajstić information content (AvgIpc) is 2.38. The molecule has 1 aliphatic heterocycles. The molecule has 1 saturated heterocycles. The Morgan fingerprint density at radius 3 is 2.88 bits per heavy atom. The van der Waals surface area contributed by atoms with Crippen molar-refractivity contribution in [2.24, 2.45) is 5.73 Å². The van der Waals surface area contributed by atoms with Gasteiger partial charge < -0.3 is 10.6 Å². The van der Waals surface area contributed by atoms with Crippen LogP contribution in [0.2, 0.25) is 0 Å².